The standard InChI is InChI=1S/C13H17N3O3S/c1-3-9(2)8-12(17)15-13(20)14-10-4-6-11(7-5-10)16(18)19/h4-7,9H,3,8H2,1-2H3,(H2,14,15,17,20)/t9-/m0/s1. The van der Waals surface area contributed by atoms with Crippen LogP contribution in [0.3, 0.4) is 0 Å². The molecule has 2 N–H and O–H groups in total. The van der Waals surface area contributed by atoms with Gasteiger partial charge in [0.2, 0.25) is 5.91 Å². The van der Waals surface area contributed by atoms with E-state index in [-0.39, 0.29) is 16.7 Å². The summed E-state index contributed by atoms with van der Waals surface area (Å²) in [5.74, 6) is 0.163. The van der Waals surface area contributed by atoms with E-state index in [2.05, 4.69) is 10.6 Å². The summed E-state index contributed by atoms with van der Waals surface area (Å²) in [5, 5.41) is 16.1. The van der Waals surface area contributed by atoms with Crippen molar-refractivity contribution in [3.8, 4) is 0 Å². The quantitative estimate of drug-likeness (QED) is 0.496. The lowest BCUT2D eigenvalue weighted by Crippen LogP contribution is -2.34. The van der Waals surface area contributed by atoms with Gasteiger partial charge in [-0.05, 0) is 30.3 Å². The summed E-state index contributed by atoms with van der Waals surface area (Å²) < 4.78 is 0. The van der Waals surface area contributed by atoms with Gasteiger partial charge in [0, 0.05) is 24.2 Å². The Morgan fingerprint density at radius 1 is 1.40 bits per heavy atom. The zero-order valence-electron chi connectivity index (χ0n) is 11.4. The van der Waals surface area contributed by atoms with Gasteiger partial charge in [-0.2, -0.15) is 0 Å². The summed E-state index contributed by atoms with van der Waals surface area (Å²) in [5.41, 5.74) is 0.590. The first-order chi connectivity index (χ1) is 9.42. The molecule has 1 aromatic rings. The Hall–Kier alpha value is -2.02. The number of amides is 1. The second-order valence-corrected chi connectivity index (χ2v) is 4.93. The first-order valence-electron chi connectivity index (χ1n) is 6.27. The largest absolute Gasteiger partial charge is 0.332 e. The molecule has 0 aliphatic heterocycles. The second kappa shape index (κ2) is 7.54. The lowest BCUT2D eigenvalue weighted by molar-refractivity contribution is -0.384. The van der Waals surface area contributed by atoms with E-state index in [1.807, 2.05) is 13.8 Å². The van der Waals surface area contributed by atoms with E-state index in [1.54, 1.807) is 0 Å². The van der Waals surface area contributed by atoms with E-state index in [0.717, 1.165) is 6.42 Å². The third kappa shape index (κ3) is 5.31. The van der Waals surface area contributed by atoms with Gasteiger partial charge in [-0.3, -0.25) is 14.9 Å². The van der Waals surface area contributed by atoms with E-state index in [1.165, 1.54) is 24.3 Å². The van der Waals surface area contributed by atoms with Crippen molar-refractivity contribution >= 4 is 34.6 Å². The van der Waals surface area contributed by atoms with Crippen molar-refractivity contribution in [1.82, 2.24) is 5.32 Å². The van der Waals surface area contributed by atoms with Crippen LogP contribution in [0.1, 0.15) is 26.7 Å². The van der Waals surface area contributed by atoms with Crippen LogP contribution in [0.2, 0.25) is 0 Å². The summed E-state index contributed by atoms with van der Waals surface area (Å²) in [4.78, 5) is 21.7. The number of nitro groups is 1. The van der Waals surface area contributed by atoms with Gasteiger partial charge in [-0.25, -0.2) is 0 Å². The molecule has 20 heavy (non-hydrogen) atoms. The minimum atomic E-state index is -0.476. The van der Waals surface area contributed by atoms with Crippen molar-refractivity contribution in [2.75, 3.05) is 5.32 Å². The van der Waals surface area contributed by atoms with Crippen molar-refractivity contribution in [2.24, 2.45) is 5.92 Å². The number of benzene rings is 1. The Balaban J connectivity index is 2.50. The zero-order valence-corrected chi connectivity index (χ0v) is 12.2. The molecular formula is C13H17N3O3S. The van der Waals surface area contributed by atoms with Crippen molar-refractivity contribution in [1.29, 1.82) is 0 Å². The van der Waals surface area contributed by atoms with Gasteiger partial charge >= 0.3 is 0 Å². The van der Waals surface area contributed by atoms with Crippen molar-refractivity contribution < 1.29 is 9.72 Å². The number of nitro benzene ring substituents is 1. The third-order valence-corrected chi connectivity index (χ3v) is 3.02. The first-order valence-corrected chi connectivity index (χ1v) is 6.68. The number of carbonyl (C=O) groups excluding carboxylic acids is 1. The molecule has 1 rings (SSSR count). The molecule has 1 atom stereocenters. The topological polar surface area (TPSA) is 84.3 Å². The van der Waals surface area contributed by atoms with Crippen LogP contribution < -0.4 is 10.6 Å². The smallest absolute Gasteiger partial charge is 0.269 e. The minimum Gasteiger partial charge on any atom is -0.332 e. The van der Waals surface area contributed by atoms with Gasteiger partial charge in [0.15, 0.2) is 5.11 Å². The van der Waals surface area contributed by atoms with Gasteiger partial charge in [0.25, 0.3) is 5.69 Å². The molecule has 1 amide bonds. The number of hydrogen-bond acceptors (Lipinski definition) is 4. The lowest BCUT2D eigenvalue weighted by atomic mass is 10.1. The summed E-state index contributed by atoms with van der Waals surface area (Å²) in [7, 11) is 0. The van der Waals surface area contributed by atoms with E-state index < -0.39 is 4.92 Å². The average molecular weight is 295 g/mol. The molecule has 0 saturated heterocycles. The number of anilines is 1. The Bertz CT molecular complexity index is 502. The van der Waals surface area contributed by atoms with E-state index in [4.69, 9.17) is 12.2 Å². The summed E-state index contributed by atoms with van der Waals surface area (Å²) >= 11 is 5.01. The highest BCUT2D eigenvalue weighted by Crippen LogP contribution is 2.15. The second-order valence-electron chi connectivity index (χ2n) is 4.52. The molecule has 6 nitrogen and oxygen atoms in total. The summed E-state index contributed by atoms with van der Waals surface area (Å²) in [6.45, 7) is 4.01. The normalized spacial score (nSPS) is 11.5. The van der Waals surface area contributed by atoms with Crippen LogP contribution in [-0.4, -0.2) is 15.9 Å². The molecule has 0 aromatic heterocycles. The number of carbonyl (C=O) groups is 1. The summed E-state index contributed by atoms with van der Waals surface area (Å²) in [6, 6.07) is 5.80. The Labute approximate surface area is 122 Å². The van der Waals surface area contributed by atoms with Crippen LogP contribution in [0.15, 0.2) is 24.3 Å². The Kier molecular flexibility index (Phi) is 6.05. The first kappa shape index (κ1) is 16.0. The minimum absolute atomic E-state index is 0.00211. The van der Waals surface area contributed by atoms with Gasteiger partial charge in [0.1, 0.15) is 0 Å². The molecular weight excluding hydrogens is 278 g/mol. The highest BCUT2D eigenvalue weighted by molar-refractivity contribution is 7.80. The molecule has 1 aromatic carbocycles. The molecule has 7 heteroatoms. The SMILES string of the molecule is CC[C@H](C)CC(=O)NC(=S)Nc1ccc([N+](=O)[O-])cc1. The molecule has 0 aliphatic carbocycles. The Morgan fingerprint density at radius 3 is 2.50 bits per heavy atom. The molecule has 0 spiro atoms. The number of nitrogens with one attached hydrogen (secondary N) is 2. The van der Waals surface area contributed by atoms with Crippen LogP contribution in [0.4, 0.5) is 11.4 Å². The Morgan fingerprint density at radius 2 is 2.00 bits per heavy atom. The van der Waals surface area contributed by atoms with Gasteiger partial charge in [-0.15, -0.1) is 0 Å². The molecule has 108 valence electrons. The number of thiocarbonyl (C=S) groups is 1. The van der Waals surface area contributed by atoms with E-state index in [9.17, 15) is 14.9 Å². The molecule has 0 fully saturated rings. The highest BCUT2D eigenvalue weighted by Gasteiger charge is 2.09. The third-order valence-electron chi connectivity index (χ3n) is 2.82. The zero-order chi connectivity index (χ0) is 15.1. The molecule has 0 bridgehead atoms. The number of hydrogen-bond donors (Lipinski definition) is 2. The predicted octanol–water partition coefficient (Wildman–Crippen LogP) is 2.84. The molecule has 0 heterocycles. The number of nitrogens with zero attached hydrogens (tertiary/aromatic N) is 1. The fourth-order valence-corrected chi connectivity index (χ4v) is 1.70. The van der Waals surface area contributed by atoms with Crippen LogP contribution in [0.5, 0.6) is 0 Å². The average Bonchev–Trinajstić information content (AvgIpc) is 2.38. The molecule has 0 unspecified atom stereocenters. The maximum atomic E-state index is 11.6. The fourth-order valence-electron chi connectivity index (χ4n) is 1.47. The van der Waals surface area contributed by atoms with Crippen LogP contribution in [0.25, 0.3) is 0 Å². The molecule has 0 saturated carbocycles. The molecule has 0 radical (unpaired) electrons. The van der Waals surface area contributed by atoms with E-state index >= 15 is 0 Å². The van der Waals surface area contributed by atoms with Gasteiger partial charge in [0.05, 0.1) is 4.92 Å². The van der Waals surface area contributed by atoms with Crippen molar-refractivity contribution in [2.45, 2.75) is 26.7 Å². The van der Waals surface area contributed by atoms with E-state index in [0.29, 0.717) is 18.0 Å². The monoisotopic (exact) mass is 295 g/mol. The van der Waals surface area contributed by atoms with Gasteiger partial charge < -0.3 is 10.6 Å². The maximum Gasteiger partial charge on any atom is 0.269 e. The summed E-state index contributed by atoms with van der Waals surface area (Å²) in [6.07, 6.45) is 1.34. The maximum absolute atomic E-state index is 11.6. The van der Waals surface area contributed by atoms with Crippen molar-refractivity contribution in [3.05, 3.63) is 34.4 Å². The van der Waals surface area contributed by atoms with Gasteiger partial charge in [-0.1, -0.05) is 20.3 Å². The number of non-ortho nitro benzene ring substituents is 1. The van der Waals surface area contributed by atoms with Crippen molar-refractivity contribution in [3.63, 3.8) is 0 Å². The molecule has 0 aliphatic rings. The predicted molar refractivity (Wildman–Crippen MR) is 81.5 cm³/mol. The highest BCUT2D eigenvalue weighted by atomic mass is 32.1. The number of rotatable bonds is 5. The van der Waals surface area contributed by atoms with Crippen LogP contribution >= 0.6 is 12.2 Å². The van der Waals surface area contributed by atoms with Crippen LogP contribution in [-0.2, 0) is 4.79 Å². The van der Waals surface area contributed by atoms with Crippen LogP contribution in [0, 0.1) is 16.0 Å². The lowest BCUT2D eigenvalue weighted by Gasteiger charge is -2.11. The fraction of sp³-hybridized carbons (Fsp3) is 0.385.